The van der Waals surface area contributed by atoms with Crippen LogP contribution in [0.15, 0.2) is 63.5 Å². The van der Waals surface area contributed by atoms with Crippen molar-refractivity contribution in [2.45, 2.75) is 26.0 Å². The smallest absolute Gasteiger partial charge is 0.273 e. The van der Waals surface area contributed by atoms with Crippen LogP contribution in [0, 0.1) is 11.6 Å². The highest BCUT2D eigenvalue weighted by Gasteiger charge is 2.19. The number of nitrogens with zero attached hydrogens (tertiary/aromatic N) is 2. The third-order valence-electron chi connectivity index (χ3n) is 4.83. The molecule has 7 heteroatoms. The Bertz CT molecular complexity index is 1090. The Kier molecular flexibility index (Phi) is 5.13. The van der Waals surface area contributed by atoms with Gasteiger partial charge in [0.2, 0.25) is 0 Å². The lowest BCUT2D eigenvalue weighted by atomic mass is 9.93. The van der Waals surface area contributed by atoms with E-state index in [0.717, 1.165) is 42.8 Å². The number of fused-ring (bicyclic) bond motifs is 1. The molecule has 4 rings (SSSR count). The van der Waals surface area contributed by atoms with Crippen molar-refractivity contribution in [3.8, 4) is 5.75 Å². The van der Waals surface area contributed by atoms with Gasteiger partial charge in [-0.3, -0.25) is 9.79 Å². The molecule has 1 aromatic heterocycles. The molecule has 2 heterocycles. The van der Waals surface area contributed by atoms with Crippen LogP contribution in [0.5, 0.6) is 5.75 Å². The van der Waals surface area contributed by atoms with Crippen molar-refractivity contribution in [2.24, 2.45) is 4.99 Å². The van der Waals surface area contributed by atoms with Gasteiger partial charge in [0.1, 0.15) is 29.0 Å². The van der Waals surface area contributed by atoms with E-state index >= 15 is 0 Å². The SMILES string of the molecule is O=c1c(Cl)c(OCc2ccc(F)cc2F)ccn1CC1=CCC2=NCC=C2C1. The molecule has 2 aliphatic rings. The Morgan fingerprint density at radius 2 is 2.07 bits per heavy atom. The van der Waals surface area contributed by atoms with Gasteiger partial charge in [-0.15, -0.1) is 0 Å². The summed E-state index contributed by atoms with van der Waals surface area (Å²) in [5, 5.41) is -0.0660. The van der Waals surface area contributed by atoms with Crippen molar-refractivity contribution < 1.29 is 13.5 Å². The number of allylic oxidation sites excluding steroid dienone is 3. The summed E-state index contributed by atoms with van der Waals surface area (Å²) in [6, 6.07) is 4.81. The van der Waals surface area contributed by atoms with E-state index in [1.54, 1.807) is 12.3 Å². The first-order chi connectivity index (χ1) is 13.5. The second-order valence-corrected chi connectivity index (χ2v) is 7.09. The molecule has 1 aliphatic heterocycles. The fraction of sp³-hybridized carbons (Fsp3) is 0.238. The Morgan fingerprint density at radius 3 is 2.89 bits per heavy atom. The zero-order chi connectivity index (χ0) is 19.7. The minimum absolute atomic E-state index is 0.0660. The summed E-state index contributed by atoms with van der Waals surface area (Å²) in [4.78, 5) is 17.0. The van der Waals surface area contributed by atoms with Gasteiger partial charge in [-0.05, 0) is 35.8 Å². The molecule has 2 aromatic rings. The molecule has 0 radical (unpaired) electrons. The van der Waals surface area contributed by atoms with Crippen molar-refractivity contribution in [1.82, 2.24) is 4.57 Å². The Morgan fingerprint density at radius 1 is 1.21 bits per heavy atom. The number of hydrogen-bond donors (Lipinski definition) is 0. The van der Waals surface area contributed by atoms with E-state index in [-0.39, 0.29) is 28.5 Å². The topological polar surface area (TPSA) is 43.6 Å². The molecule has 0 fully saturated rings. The first-order valence-corrected chi connectivity index (χ1v) is 9.25. The van der Waals surface area contributed by atoms with E-state index in [4.69, 9.17) is 16.3 Å². The predicted molar refractivity (Wildman–Crippen MR) is 104 cm³/mol. The van der Waals surface area contributed by atoms with Gasteiger partial charge in [0, 0.05) is 36.5 Å². The lowest BCUT2D eigenvalue weighted by molar-refractivity contribution is 0.298. The maximum absolute atomic E-state index is 13.7. The lowest BCUT2D eigenvalue weighted by Gasteiger charge is -2.17. The van der Waals surface area contributed by atoms with E-state index in [1.165, 1.54) is 16.2 Å². The fourth-order valence-electron chi connectivity index (χ4n) is 3.31. The van der Waals surface area contributed by atoms with E-state index in [1.807, 2.05) is 0 Å². The quantitative estimate of drug-likeness (QED) is 0.693. The Balaban J connectivity index is 1.48. The number of ether oxygens (including phenoxy) is 1. The molecule has 0 saturated heterocycles. The molecule has 0 atom stereocenters. The summed E-state index contributed by atoms with van der Waals surface area (Å²) in [7, 11) is 0. The number of aromatic nitrogens is 1. The standard InChI is InChI=1S/C21H17ClF2N2O2/c22-20-19(28-12-15-2-3-16(23)10-17(15)24)6-8-26(21(20)27)11-13-1-4-18-14(9-13)5-7-25-18/h1-3,5-6,8,10H,4,7,9,11-12H2. The average molecular weight is 403 g/mol. The van der Waals surface area contributed by atoms with Crippen molar-refractivity contribution in [3.63, 3.8) is 0 Å². The van der Waals surface area contributed by atoms with Crippen LogP contribution in [0.25, 0.3) is 0 Å². The molecule has 28 heavy (non-hydrogen) atoms. The Labute approximate surface area is 165 Å². The molecule has 0 bridgehead atoms. The summed E-state index contributed by atoms with van der Waals surface area (Å²) >= 11 is 6.17. The first-order valence-electron chi connectivity index (χ1n) is 8.87. The third kappa shape index (κ3) is 3.78. The van der Waals surface area contributed by atoms with Crippen LogP contribution in [0.2, 0.25) is 5.02 Å². The minimum atomic E-state index is -0.710. The summed E-state index contributed by atoms with van der Waals surface area (Å²) in [6.45, 7) is 1.02. The van der Waals surface area contributed by atoms with Crippen LogP contribution in [-0.4, -0.2) is 16.8 Å². The van der Waals surface area contributed by atoms with Crippen molar-refractivity contribution in [2.75, 3.05) is 6.54 Å². The molecule has 1 aliphatic carbocycles. The van der Waals surface area contributed by atoms with Crippen LogP contribution in [-0.2, 0) is 13.2 Å². The first kappa shape index (κ1) is 18.6. The monoisotopic (exact) mass is 402 g/mol. The average Bonchev–Trinajstić information content (AvgIpc) is 3.14. The molecule has 144 valence electrons. The molecule has 4 nitrogen and oxygen atoms in total. The minimum Gasteiger partial charge on any atom is -0.487 e. The number of halogens is 3. The van der Waals surface area contributed by atoms with Crippen LogP contribution in [0.1, 0.15) is 18.4 Å². The largest absolute Gasteiger partial charge is 0.487 e. The zero-order valence-electron chi connectivity index (χ0n) is 14.9. The molecule has 0 unspecified atom stereocenters. The lowest BCUT2D eigenvalue weighted by Crippen LogP contribution is -2.22. The molecule has 1 aromatic carbocycles. The van der Waals surface area contributed by atoms with Gasteiger partial charge in [0.05, 0.1) is 6.54 Å². The zero-order valence-corrected chi connectivity index (χ0v) is 15.7. The summed E-state index contributed by atoms with van der Waals surface area (Å²) in [5.74, 6) is -1.21. The number of pyridine rings is 1. The molecule has 0 amide bonds. The fourth-order valence-corrected chi connectivity index (χ4v) is 3.54. The highest BCUT2D eigenvalue weighted by Crippen LogP contribution is 2.26. The van der Waals surface area contributed by atoms with Gasteiger partial charge < -0.3 is 9.30 Å². The number of benzene rings is 1. The van der Waals surface area contributed by atoms with Crippen molar-refractivity contribution in [3.05, 3.63) is 86.3 Å². The maximum Gasteiger partial charge on any atom is 0.273 e. The molecule has 0 spiro atoms. The van der Waals surface area contributed by atoms with Crippen LogP contribution >= 0.6 is 11.6 Å². The summed E-state index contributed by atoms with van der Waals surface area (Å²) in [6.07, 6.45) is 7.39. The van der Waals surface area contributed by atoms with E-state index < -0.39 is 11.6 Å². The normalized spacial score (nSPS) is 15.6. The van der Waals surface area contributed by atoms with Crippen molar-refractivity contribution in [1.29, 1.82) is 0 Å². The molecular weight excluding hydrogens is 386 g/mol. The predicted octanol–water partition coefficient (Wildman–Crippen LogP) is 4.46. The Hall–Kier alpha value is -2.73. The maximum atomic E-state index is 13.7. The van der Waals surface area contributed by atoms with Crippen LogP contribution in [0.3, 0.4) is 0 Å². The van der Waals surface area contributed by atoms with Gasteiger partial charge in [-0.25, -0.2) is 8.78 Å². The second kappa shape index (κ2) is 7.72. The van der Waals surface area contributed by atoms with E-state index in [9.17, 15) is 13.6 Å². The van der Waals surface area contributed by atoms with E-state index in [2.05, 4.69) is 17.1 Å². The molecule has 0 saturated carbocycles. The van der Waals surface area contributed by atoms with Crippen molar-refractivity contribution >= 4 is 17.3 Å². The molecular formula is C21H17ClF2N2O2. The van der Waals surface area contributed by atoms with Gasteiger partial charge >= 0.3 is 0 Å². The number of aliphatic imine (C=N–C) groups is 1. The van der Waals surface area contributed by atoms with Gasteiger partial charge in [-0.2, -0.15) is 0 Å². The van der Waals surface area contributed by atoms with E-state index in [0.29, 0.717) is 6.54 Å². The third-order valence-corrected chi connectivity index (χ3v) is 5.18. The number of hydrogen-bond acceptors (Lipinski definition) is 3. The molecule has 0 N–H and O–H groups in total. The summed E-state index contributed by atoms with van der Waals surface area (Å²) < 4.78 is 33.7. The van der Waals surface area contributed by atoms with Crippen LogP contribution < -0.4 is 10.3 Å². The van der Waals surface area contributed by atoms with Gasteiger partial charge in [0.15, 0.2) is 0 Å². The van der Waals surface area contributed by atoms with Gasteiger partial charge in [0.25, 0.3) is 5.56 Å². The highest BCUT2D eigenvalue weighted by molar-refractivity contribution is 6.31. The number of rotatable bonds is 5. The second-order valence-electron chi connectivity index (χ2n) is 6.71. The van der Waals surface area contributed by atoms with Crippen LogP contribution in [0.4, 0.5) is 8.78 Å². The highest BCUT2D eigenvalue weighted by atomic mass is 35.5. The summed E-state index contributed by atoms with van der Waals surface area (Å²) in [5.41, 5.74) is 3.30. The van der Waals surface area contributed by atoms with Gasteiger partial charge in [-0.1, -0.05) is 23.8 Å².